The SMILES string of the molecule is Cc1n[nH]nc1SCC1=C(C(=O)O)N2C(=O)C(NC(=O)C(N)c3ccc(NC(N)=O)cc3)[C@H]2SC1. The molecule has 0 radical (unpaired) electrons. The number of primary amides is 1. The van der Waals surface area contributed by atoms with Crippen LogP contribution in [0.2, 0.25) is 0 Å². The number of amides is 4. The lowest BCUT2D eigenvalue weighted by Crippen LogP contribution is -2.71. The Morgan fingerprint density at radius 2 is 2.03 bits per heavy atom. The first kappa shape index (κ1) is 24.6. The monoisotopic (exact) mass is 518 g/mol. The Hall–Kier alpha value is -3.56. The molecule has 2 unspecified atom stereocenters. The number of hydrogen-bond donors (Lipinski definition) is 6. The molecule has 1 aromatic heterocycles. The van der Waals surface area contributed by atoms with Gasteiger partial charge in [0.1, 0.15) is 28.2 Å². The van der Waals surface area contributed by atoms with Crippen LogP contribution < -0.4 is 22.1 Å². The predicted octanol–water partition coefficient (Wildman–Crippen LogP) is 0.134. The maximum Gasteiger partial charge on any atom is 0.352 e. The largest absolute Gasteiger partial charge is 0.477 e. The Bertz CT molecular complexity index is 1210. The van der Waals surface area contributed by atoms with Crippen molar-refractivity contribution < 1.29 is 24.3 Å². The molecule has 0 aliphatic carbocycles. The van der Waals surface area contributed by atoms with Gasteiger partial charge in [-0.05, 0) is 30.2 Å². The van der Waals surface area contributed by atoms with E-state index in [9.17, 15) is 24.3 Å². The number of aromatic nitrogens is 3. The second kappa shape index (κ2) is 9.97. The smallest absolute Gasteiger partial charge is 0.352 e. The number of carbonyl (C=O) groups excluding carboxylic acids is 3. The summed E-state index contributed by atoms with van der Waals surface area (Å²) in [5.41, 5.74) is 13.2. The van der Waals surface area contributed by atoms with Gasteiger partial charge in [-0.15, -0.1) is 16.9 Å². The number of fused-ring (bicyclic) bond motifs is 1. The molecule has 2 aromatic rings. The van der Waals surface area contributed by atoms with Gasteiger partial charge in [0, 0.05) is 17.2 Å². The number of H-pyrrole nitrogens is 1. The van der Waals surface area contributed by atoms with Gasteiger partial charge in [0.25, 0.3) is 5.91 Å². The number of carboxylic acid groups (broad SMARTS) is 1. The quantitative estimate of drug-likeness (QED) is 0.205. The van der Waals surface area contributed by atoms with Gasteiger partial charge in [-0.1, -0.05) is 23.9 Å². The first-order chi connectivity index (χ1) is 16.7. The molecular formula is C20H22N8O5S2. The van der Waals surface area contributed by atoms with E-state index in [0.717, 1.165) is 0 Å². The molecule has 184 valence electrons. The van der Waals surface area contributed by atoms with E-state index < -0.39 is 41.3 Å². The molecule has 2 aliphatic rings. The van der Waals surface area contributed by atoms with E-state index in [4.69, 9.17) is 11.5 Å². The fraction of sp³-hybridized carbons (Fsp3) is 0.300. The van der Waals surface area contributed by atoms with Crippen molar-refractivity contribution in [1.29, 1.82) is 0 Å². The van der Waals surface area contributed by atoms with Crippen LogP contribution >= 0.6 is 23.5 Å². The molecule has 4 rings (SSSR count). The van der Waals surface area contributed by atoms with Crippen LogP contribution in [0.5, 0.6) is 0 Å². The summed E-state index contributed by atoms with van der Waals surface area (Å²) in [5.74, 6) is -1.58. The average molecular weight is 519 g/mol. The Labute approximate surface area is 207 Å². The third kappa shape index (κ3) is 4.96. The summed E-state index contributed by atoms with van der Waals surface area (Å²) in [6.07, 6.45) is 0. The molecule has 35 heavy (non-hydrogen) atoms. The normalized spacial score (nSPS) is 20.1. The van der Waals surface area contributed by atoms with E-state index >= 15 is 0 Å². The third-order valence-corrected chi connectivity index (χ3v) is 7.92. The zero-order valence-electron chi connectivity index (χ0n) is 18.3. The first-order valence-corrected chi connectivity index (χ1v) is 12.3. The van der Waals surface area contributed by atoms with Gasteiger partial charge in [-0.2, -0.15) is 10.3 Å². The Kier molecular flexibility index (Phi) is 7.00. The summed E-state index contributed by atoms with van der Waals surface area (Å²) in [6, 6.07) is 3.53. The highest BCUT2D eigenvalue weighted by Crippen LogP contribution is 2.41. The molecule has 3 heterocycles. The number of benzene rings is 1. The van der Waals surface area contributed by atoms with Gasteiger partial charge >= 0.3 is 12.0 Å². The number of aliphatic carboxylic acids is 1. The van der Waals surface area contributed by atoms with E-state index in [2.05, 4.69) is 26.0 Å². The van der Waals surface area contributed by atoms with E-state index in [1.54, 1.807) is 31.2 Å². The number of hydrogen-bond acceptors (Lipinski definition) is 9. The van der Waals surface area contributed by atoms with Crippen molar-refractivity contribution >= 4 is 53.0 Å². The topological polar surface area (TPSA) is 209 Å². The highest BCUT2D eigenvalue weighted by atomic mass is 32.2. The molecule has 0 spiro atoms. The lowest BCUT2D eigenvalue weighted by atomic mass is 10.0. The fourth-order valence-electron chi connectivity index (χ4n) is 3.67. The molecular weight excluding hydrogens is 496 g/mol. The molecule has 15 heteroatoms. The van der Waals surface area contributed by atoms with Crippen molar-refractivity contribution in [2.24, 2.45) is 11.5 Å². The number of carbonyl (C=O) groups is 4. The number of anilines is 1. The second-order valence-electron chi connectivity index (χ2n) is 7.75. The fourth-order valence-corrected chi connectivity index (χ4v) is 6.06. The number of nitrogens with one attached hydrogen (secondary N) is 3. The van der Waals surface area contributed by atoms with Crippen LogP contribution in [0, 0.1) is 6.92 Å². The van der Waals surface area contributed by atoms with Crippen molar-refractivity contribution in [1.82, 2.24) is 25.6 Å². The first-order valence-electron chi connectivity index (χ1n) is 10.3. The van der Waals surface area contributed by atoms with Gasteiger partial charge in [-0.25, -0.2) is 9.59 Å². The zero-order valence-corrected chi connectivity index (χ0v) is 20.0. The zero-order chi connectivity index (χ0) is 25.3. The number of thioether (sulfide) groups is 2. The molecule has 2 aliphatic heterocycles. The van der Waals surface area contributed by atoms with Crippen LogP contribution in [-0.2, 0) is 14.4 Å². The molecule has 1 aromatic carbocycles. The number of aryl methyl sites for hydroxylation is 1. The van der Waals surface area contributed by atoms with Crippen molar-refractivity contribution in [3.8, 4) is 0 Å². The third-order valence-electron chi connectivity index (χ3n) is 5.43. The number of nitrogens with zero attached hydrogens (tertiary/aromatic N) is 3. The highest BCUT2D eigenvalue weighted by Gasteiger charge is 2.54. The van der Waals surface area contributed by atoms with Crippen molar-refractivity contribution in [2.75, 3.05) is 16.8 Å². The van der Waals surface area contributed by atoms with Crippen LogP contribution in [0.4, 0.5) is 10.5 Å². The summed E-state index contributed by atoms with van der Waals surface area (Å²) in [4.78, 5) is 49.7. The standard InChI is InChI=1S/C20H22N8O5S2/c1-8-16(26-27-25-8)34-6-10-7-35-18-13(17(30)28(18)14(10)19(31)32)24-15(29)12(21)9-2-4-11(5-3-9)23-20(22)33/h2-5,12-13,18H,6-7,21H2,1H3,(H,24,29)(H,31,32)(H3,22,23,33)(H,25,26,27)/t12?,13?,18-/m1/s1. The van der Waals surface area contributed by atoms with Gasteiger partial charge in [-0.3, -0.25) is 14.5 Å². The Morgan fingerprint density at radius 3 is 2.63 bits per heavy atom. The van der Waals surface area contributed by atoms with E-state index in [1.807, 2.05) is 0 Å². The van der Waals surface area contributed by atoms with Crippen molar-refractivity contribution in [3.05, 3.63) is 46.8 Å². The molecule has 1 saturated heterocycles. The minimum atomic E-state index is -1.21. The number of aromatic amines is 1. The predicted molar refractivity (Wildman–Crippen MR) is 128 cm³/mol. The van der Waals surface area contributed by atoms with Crippen molar-refractivity contribution in [2.45, 2.75) is 29.4 Å². The maximum atomic E-state index is 12.9. The van der Waals surface area contributed by atoms with Crippen LogP contribution in [0.1, 0.15) is 17.3 Å². The molecule has 4 amide bonds. The number of nitrogens with two attached hydrogens (primary N) is 2. The van der Waals surface area contributed by atoms with Crippen LogP contribution in [0.3, 0.4) is 0 Å². The number of β-lactam (4-membered cyclic amide) rings is 1. The Morgan fingerprint density at radius 1 is 1.31 bits per heavy atom. The van der Waals surface area contributed by atoms with Crippen molar-refractivity contribution in [3.63, 3.8) is 0 Å². The summed E-state index contributed by atoms with van der Waals surface area (Å²) >= 11 is 2.71. The van der Waals surface area contributed by atoms with E-state index in [0.29, 0.717) is 39.0 Å². The second-order valence-corrected chi connectivity index (χ2v) is 9.81. The molecule has 0 bridgehead atoms. The molecule has 3 atom stereocenters. The van der Waals surface area contributed by atoms with Crippen LogP contribution in [-0.4, -0.2) is 72.2 Å². The summed E-state index contributed by atoms with van der Waals surface area (Å²) in [5, 5.41) is 25.4. The molecule has 8 N–H and O–H groups in total. The summed E-state index contributed by atoms with van der Waals surface area (Å²) in [6.45, 7) is 1.78. The highest BCUT2D eigenvalue weighted by molar-refractivity contribution is 8.01. The number of urea groups is 1. The summed E-state index contributed by atoms with van der Waals surface area (Å²) < 4.78 is 0. The minimum absolute atomic E-state index is 0.0697. The van der Waals surface area contributed by atoms with E-state index in [-0.39, 0.29) is 5.70 Å². The van der Waals surface area contributed by atoms with E-state index in [1.165, 1.54) is 28.4 Å². The average Bonchev–Trinajstić information content (AvgIpc) is 3.24. The lowest BCUT2D eigenvalue weighted by molar-refractivity contribution is -0.150. The van der Waals surface area contributed by atoms with Crippen LogP contribution in [0.15, 0.2) is 40.6 Å². The van der Waals surface area contributed by atoms with Gasteiger partial charge in [0.2, 0.25) is 5.91 Å². The Balaban J connectivity index is 1.42. The maximum absolute atomic E-state index is 12.9. The lowest BCUT2D eigenvalue weighted by Gasteiger charge is -2.49. The van der Waals surface area contributed by atoms with Gasteiger partial charge in [0.05, 0.1) is 5.69 Å². The summed E-state index contributed by atoms with van der Waals surface area (Å²) in [7, 11) is 0. The van der Waals surface area contributed by atoms with Gasteiger partial charge in [0.15, 0.2) is 0 Å². The van der Waals surface area contributed by atoms with Crippen LogP contribution in [0.25, 0.3) is 0 Å². The minimum Gasteiger partial charge on any atom is -0.477 e. The van der Waals surface area contributed by atoms with Gasteiger partial charge < -0.3 is 27.2 Å². The molecule has 1 fully saturated rings. The number of carboxylic acids is 1. The number of rotatable bonds is 8. The molecule has 13 nitrogen and oxygen atoms in total. The molecule has 0 saturated carbocycles.